The molecule has 10 nitrogen and oxygen atoms in total. The predicted molar refractivity (Wildman–Crippen MR) is 129 cm³/mol. The van der Waals surface area contributed by atoms with Gasteiger partial charge in [0.05, 0.1) is 5.39 Å². The van der Waals surface area contributed by atoms with E-state index in [0.29, 0.717) is 35.0 Å². The standard InChI is InChI=1S/C25H26N6O4/c1-4-31-25(34)19-8-6-5-7-18(19)22(29-31)24(33)28-27-20(32)13-14-21-26-23(30-35-21)17-11-9-16(10-12-17)15(2)3/h5-12,15H,4,13-14H2,1-3H3,(H,27,32)(H,28,33). The number of carbonyl (C=O) groups is 2. The number of aromatic nitrogens is 4. The highest BCUT2D eigenvalue weighted by atomic mass is 16.5. The summed E-state index contributed by atoms with van der Waals surface area (Å²) < 4.78 is 6.47. The molecule has 180 valence electrons. The lowest BCUT2D eigenvalue weighted by Crippen LogP contribution is -2.42. The predicted octanol–water partition coefficient (Wildman–Crippen LogP) is 2.98. The third-order valence-electron chi connectivity index (χ3n) is 5.57. The van der Waals surface area contributed by atoms with Gasteiger partial charge in [-0.15, -0.1) is 0 Å². The third-order valence-corrected chi connectivity index (χ3v) is 5.57. The Bertz CT molecular complexity index is 1420. The second-order valence-electron chi connectivity index (χ2n) is 8.31. The Labute approximate surface area is 201 Å². The summed E-state index contributed by atoms with van der Waals surface area (Å²) in [5.41, 5.74) is 6.54. The van der Waals surface area contributed by atoms with Gasteiger partial charge in [-0.1, -0.05) is 61.5 Å². The van der Waals surface area contributed by atoms with E-state index in [-0.39, 0.29) is 24.1 Å². The number of benzene rings is 2. The van der Waals surface area contributed by atoms with E-state index >= 15 is 0 Å². The first-order valence-electron chi connectivity index (χ1n) is 11.4. The van der Waals surface area contributed by atoms with E-state index in [1.807, 2.05) is 24.3 Å². The molecule has 10 heteroatoms. The van der Waals surface area contributed by atoms with Crippen molar-refractivity contribution in [2.75, 3.05) is 0 Å². The van der Waals surface area contributed by atoms with Gasteiger partial charge in [-0.25, -0.2) is 4.68 Å². The molecular formula is C25H26N6O4. The number of fused-ring (bicyclic) bond motifs is 1. The minimum absolute atomic E-state index is 0.0246. The molecule has 2 aromatic heterocycles. The van der Waals surface area contributed by atoms with Gasteiger partial charge in [-0.05, 0) is 24.5 Å². The molecule has 4 aromatic rings. The molecule has 0 atom stereocenters. The van der Waals surface area contributed by atoms with Gasteiger partial charge in [-0.2, -0.15) is 10.1 Å². The van der Waals surface area contributed by atoms with E-state index < -0.39 is 11.8 Å². The molecule has 0 bridgehead atoms. The fourth-order valence-electron chi connectivity index (χ4n) is 3.58. The molecule has 0 aliphatic rings. The van der Waals surface area contributed by atoms with Gasteiger partial charge in [0.15, 0.2) is 5.69 Å². The summed E-state index contributed by atoms with van der Waals surface area (Å²) in [6.07, 6.45) is 0.234. The van der Waals surface area contributed by atoms with Crippen molar-refractivity contribution < 1.29 is 14.1 Å². The number of aryl methyl sites for hydroxylation is 2. The number of nitrogens with one attached hydrogen (secondary N) is 2. The van der Waals surface area contributed by atoms with Crippen molar-refractivity contribution in [2.45, 2.75) is 46.1 Å². The maximum Gasteiger partial charge on any atom is 0.290 e. The molecule has 2 amide bonds. The monoisotopic (exact) mass is 474 g/mol. The molecule has 2 aromatic carbocycles. The molecule has 4 rings (SSSR count). The molecular weight excluding hydrogens is 448 g/mol. The summed E-state index contributed by atoms with van der Waals surface area (Å²) in [7, 11) is 0. The zero-order chi connectivity index (χ0) is 24.9. The number of hydrogen-bond acceptors (Lipinski definition) is 7. The average Bonchev–Trinajstić information content (AvgIpc) is 3.35. The van der Waals surface area contributed by atoms with Crippen LogP contribution >= 0.6 is 0 Å². The molecule has 0 aliphatic carbocycles. The number of carbonyl (C=O) groups excluding carboxylic acids is 2. The van der Waals surface area contributed by atoms with Crippen LogP contribution in [-0.2, 0) is 17.8 Å². The van der Waals surface area contributed by atoms with Crippen molar-refractivity contribution in [3.05, 3.63) is 76.0 Å². The molecule has 0 spiro atoms. The van der Waals surface area contributed by atoms with Gasteiger partial charge in [-0.3, -0.25) is 25.2 Å². The van der Waals surface area contributed by atoms with Crippen LogP contribution in [-0.4, -0.2) is 31.7 Å². The Kier molecular flexibility index (Phi) is 7.00. The Morgan fingerprint density at radius 1 is 1.03 bits per heavy atom. The van der Waals surface area contributed by atoms with E-state index in [1.165, 1.54) is 10.2 Å². The van der Waals surface area contributed by atoms with Crippen LogP contribution < -0.4 is 16.4 Å². The number of rotatable bonds is 7. The van der Waals surface area contributed by atoms with Gasteiger partial charge in [0.2, 0.25) is 17.6 Å². The van der Waals surface area contributed by atoms with Crippen LogP contribution in [0.3, 0.4) is 0 Å². The Balaban J connectivity index is 1.35. The first-order chi connectivity index (χ1) is 16.9. The second-order valence-corrected chi connectivity index (χ2v) is 8.31. The molecule has 0 fully saturated rings. The van der Waals surface area contributed by atoms with Gasteiger partial charge < -0.3 is 4.52 Å². The second kappa shape index (κ2) is 10.3. The van der Waals surface area contributed by atoms with Crippen LogP contribution in [0.5, 0.6) is 0 Å². The average molecular weight is 475 g/mol. The minimum atomic E-state index is -0.623. The first kappa shape index (κ1) is 23.8. The summed E-state index contributed by atoms with van der Waals surface area (Å²) >= 11 is 0. The van der Waals surface area contributed by atoms with E-state index in [1.54, 1.807) is 31.2 Å². The number of amides is 2. The van der Waals surface area contributed by atoms with Gasteiger partial charge in [0, 0.05) is 30.3 Å². The Morgan fingerprint density at radius 3 is 2.43 bits per heavy atom. The maximum absolute atomic E-state index is 12.7. The largest absolute Gasteiger partial charge is 0.339 e. The smallest absolute Gasteiger partial charge is 0.290 e. The van der Waals surface area contributed by atoms with Crippen molar-refractivity contribution in [2.24, 2.45) is 0 Å². The fourth-order valence-corrected chi connectivity index (χ4v) is 3.58. The SMILES string of the molecule is CCn1nc(C(=O)NNC(=O)CCc2nc(-c3ccc(C(C)C)cc3)no2)c2ccccc2c1=O. The molecule has 35 heavy (non-hydrogen) atoms. The summed E-state index contributed by atoms with van der Waals surface area (Å²) in [6, 6.07) is 14.6. The number of hydrazine groups is 1. The zero-order valence-corrected chi connectivity index (χ0v) is 19.7. The van der Waals surface area contributed by atoms with Crippen molar-refractivity contribution in [3.63, 3.8) is 0 Å². The van der Waals surface area contributed by atoms with Crippen molar-refractivity contribution in [3.8, 4) is 11.4 Å². The van der Waals surface area contributed by atoms with Gasteiger partial charge in [0.1, 0.15) is 0 Å². The summed E-state index contributed by atoms with van der Waals surface area (Å²) in [6.45, 7) is 6.31. The molecule has 2 N–H and O–H groups in total. The van der Waals surface area contributed by atoms with Crippen LogP contribution in [0.2, 0.25) is 0 Å². The summed E-state index contributed by atoms with van der Waals surface area (Å²) in [5.74, 6) is 0.135. The Hall–Kier alpha value is -4.34. The number of hydrogen-bond donors (Lipinski definition) is 2. The number of nitrogens with zero attached hydrogens (tertiary/aromatic N) is 4. The topological polar surface area (TPSA) is 132 Å². The molecule has 0 radical (unpaired) electrons. The lowest BCUT2D eigenvalue weighted by molar-refractivity contribution is -0.121. The zero-order valence-electron chi connectivity index (χ0n) is 19.7. The van der Waals surface area contributed by atoms with E-state index in [4.69, 9.17) is 4.52 Å². The first-order valence-corrected chi connectivity index (χ1v) is 11.4. The van der Waals surface area contributed by atoms with E-state index in [9.17, 15) is 14.4 Å². The van der Waals surface area contributed by atoms with Gasteiger partial charge in [0.25, 0.3) is 11.5 Å². The quantitative estimate of drug-likeness (QED) is 0.394. The Morgan fingerprint density at radius 2 is 1.74 bits per heavy atom. The van der Waals surface area contributed by atoms with Crippen molar-refractivity contribution in [1.29, 1.82) is 0 Å². The van der Waals surface area contributed by atoms with Crippen LogP contribution in [0.15, 0.2) is 57.8 Å². The molecule has 2 heterocycles. The van der Waals surface area contributed by atoms with E-state index in [0.717, 1.165) is 5.56 Å². The van der Waals surface area contributed by atoms with Crippen LogP contribution in [0, 0.1) is 0 Å². The molecule has 0 aliphatic heterocycles. The van der Waals surface area contributed by atoms with Gasteiger partial charge >= 0.3 is 0 Å². The van der Waals surface area contributed by atoms with Crippen LogP contribution in [0.4, 0.5) is 0 Å². The molecule has 0 saturated carbocycles. The van der Waals surface area contributed by atoms with Crippen molar-refractivity contribution >= 4 is 22.6 Å². The highest BCUT2D eigenvalue weighted by Crippen LogP contribution is 2.20. The fraction of sp³-hybridized carbons (Fsp3) is 0.280. The summed E-state index contributed by atoms with van der Waals surface area (Å²) in [4.78, 5) is 41.8. The van der Waals surface area contributed by atoms with Crippen molar-refractivity contribution in [1.82, 2.24) is 30.8 Å². The minimum Gasteiger partial charge on any atom is -0.339 e. The maximum atomic E-state index is 12.7. The lowest BCUT2D eigenvalue weighted by atomic mass is 10.0. The molecule has 0 unspecified atom stereocenters. The highest BCUT2D eigenvalue weighted by molar-refractivity contribution is 6.05. The summed E-state index contributed by atoms with van der Waals surface area (Å²) in [5, 5.41) is 8.92. The molecule has 0 saturated heterocycles. The highest BCUT2D eigenvalue weighted by Gasteiger charge is 2.17. The third kappa shape index (κ3) is 5.26. The lowest BCUT2D eigenvalue weighted by Gasteiger charge is -2.10. The normalized spacial score (nSPS) is 11.1. The van der Waals surface area contributed by atoms with E-state index in [2.05, 4.69) is 39.9 Å². The van der Waals surface area contributed by atoms with Crippen LogP contribution in [0.25, 0.3) is 22.2 Å². The van der Waals surface area contributed by atoms with Crippen LogP contribution in [0.1, 0.15) is 55.1 Å².